The molecule has 1 heterocycles. The van der Waals surface area contributed by atoms with Crippen LogP contribution in [0.1, 0.15) is 38.3 Å². The summed E-state index contributed by atoms with van der Waals surface area (Å²) in [5.41, 5.74) is 0.806. The van der Waals surface area contributed by atoms with Crippen LogP contribution in [0.5, 0.6) is 0 Å². The number of likely N-dealkylation sites (tertiary alicyclic amines) is 1. The van der Waals surface area contributed by atoms with Gasteiger partial charge in [0.1, 0.15) is 0 Å². The summed E-state index contributed by atoms with van der Waals surface area (Å²) in [6.45, 7) is 2.65. The van der Waals surface area contributed by atoms with E-state index in [1.165, 1.54) is 6.08 Å². The zero-order valence-corrected chi connectivity index (χ0v) is 16.5. The Hall–Kier alpha value is -1.96. The van der Waals surface area contributed by atoms with Crippen molar-refractivity contribution in [2.24, 2.45) is 5.92 Å². The molecule has 150 valence electrons. The number of alkyl halides is 2. The molecule has 0 radical (unpaired) electrons. The number of nitrogens with zero attached hydrogens (tertiary/aromatic N) is 1. The van der Waals surface area contributed by atoms with E-state index < -0.39 is 46.3 Å². The van der Waals surface area contributed by atoms with E-state index in [4.69, 9.17) is 0 Å². The fraction of sp³-hybridized carbons (Fsp3) is 0.526. The Kier molecular flexibility index (Phi) is 6.62. The first-order chi connectivity index (χ1) is 12.5. The minimum atomic E-state index is -3.33. The summed E-state index contributed by atoms with van der Waals surface area (Å²) in [4.78, 5) is 13.9. The van der Waals surface area contributed by atoms with Crippen molar-refractivity contribution in [3.05, 3.63) is 47.4 Å². The van der Waals surface area contributed by atoms with Crippen LogP contribution in [0, 0.1) is 5.92 Å². The van der Waals surface area contributed by atoms with Gasteiger partial charge in [-0.25, -0.2) is 22.0 Å². The Bertz CT molecular complexity index is 781. The highest BCUT2D eigenvalue weighted by atomic mass is 32.2. The van der Waals surface area contributed by atoms with Gasteiger partial charge in [0.05, 0.1) is 12.6 Å². The van der Waals surface area contributed by atoms with Gasteiger partial charge in [-0.05, 0) is 25.3 Å². The molecule has 0 spiro atoms. The molecule has 1 fully saturated rings. The Morgan fingerprint density at radius 1 is 1.37 bits per heavy atom. The number of sulfone groups is 1. The number of urea groups is 1. The molecule has 1 aliphatic rings. The van der Waals surface area contributed by atoms with Crippen molar-refractivity contribution in [3.63, 3.8) is 0 Å². The van der Waals surface area contributed by atoms with E-state index in [1.807, 2.05) is 30.3 Å². The Morgan fingerprint density at radius 3 is 2.56 bits per heavy atom. The third-order valence-electron chi connectivity index (χ3n) is 4.77. The Labute approximate surface area is 159 Å². The topological polar surface area (TPSA) is 66.5 Å². The molecule has 2 amide bonds. The highest BCUT2D eigenvalue weighted by Gasteiger charge is 2.49. The van der Waals surface area contributed by atoms with Crippen molar-refractivity contribution in [2.75, 3.05) is 12.8 Å². The fourth-order valence-electron chi connectivity index (χ4n) is 3.29. The fourth-order valence-corrected chi connectivity index (χ4v) is 3.81. The number of nitrogens with one attached hydrogen (secondary N) is 1. The van der Waals surface area contributed by atoms with Crippen molar-refractivity contribution in [1.82, 2.24) is 10.2 Å². The molecule has 3 atom stereocenters. The summed E-state index contributed by atoms with van der Waals surface area (Å²) >= 11 is 0. The largest absolute Gasteiger partial charge is 0.332 e. The molecule has 1 aliphatic heterocycles. The van der Waals surface area contributed by atoms with Crippen LogP contribution in [0.15, 0.2) is 41.8 Å². The van der Waals surface area contributed by atoms with Crippen molar-refractivity contribution < 1.29 is 22.0 Å². The number of carbonyl (C=O) groups is 1. The van der Waals surface area contributed by atoms with Gasteiger partial charge in [0.2, 0.25) is 0 Å². The van der Waals surface area contributed by atoms with Crippen LogP contribution in [0.2, 0.25) is 0 Å². The highest BCUT2D eigenvalue weighted by Crippen LogP contribution is 2.43. The molecule has 0 bridgehead atoms. The first-order valence-electron chi connectivity index (χ1n) is 8.91. The van der Waals surface area contributed by atoms with E-state index in [2.05, 4.69) is 5.32 Å². The van der Waals surface area contributed by atoms with E-state index >= 15 is 0 Å². The number of halogens is 2. The molecule has 0 saturated carbocycles. The molecular weight excluding hydrogens is 374 g/mol. The van der Waals surface area contributed by atoms with Crippen LogP contribution in [-0.4, -0.2) is 44.1 Å². The van der Waals surface area contributed by atoms with Crippen LogP contribution >= 0.6 is 0 Å². The average Bonchev–Trinajstić information content (AvgIpc) is 2.59. The monoisotopic (exact) mass is 400 g/mol. The van der Waals surface area contributed by atoms with E-state index in [0.717, 1.165) is 22.1 Å². The minimum absolute atomic E-state index is 0.175. The summed E-state index contributed by atoms with van der Waals surface area (Å²) in [6, 6.07) is 7.42. The summed E-state index contributed by atoms with van der Waals surface area (Å²) in [6.07, 6.45) is 2.87. The lowest BCUT2D eigenvalue weighted by Crippen LogP contribution is -2.55. The van der Waals surface area contributed by atoms with Gasteiger partial charge in [-0.2, -0.15) is 0 Å². The zero-order valence-electron chi connectivity index (χ0n) is 15.7. The lowest BCUT2D eigenvalue weighted by atomic mass is 9.83. The lowest BCUT2D eigenvalue weighted by Gasteiger charge is -2.44. The lowest BCUT2D eigenvalue weighted by molar-refractivity contribution is -0.117. The van der Waals surface area contributed by atoms with Crippen LogP contribution < -0.4 is 5.32 Å². The maximum absolute atomic E-state index is 14.5. The minimum Gasteiger partial charge on any atom is -0.332 e. The van der Waals surface area contributed by atoms with Gasteiger partial charge in [-0.3, -0.25) is 0 Å². The van der Waals surface area contributed by atoms with E-state index in [0.29, 0.717) is 6.42 Å². The third-order valence-corrected chi connectivity index (χ3v) is 5.42. The van der Waals surface area contributed by atoms with Crippen molar-refractivity contribution in [2.45, 2.75) is 44.7 Å². The number of amides is 2. The molecular formula is C19H26F2N2O3S. The maximum Gasteiger partial charge on any atom is 0.318 e. The molecule has 0 aliphatic carbocycles. The van der Waals surface area contributed by atoms with Gasteiger partial charge in [0, 0.05) is 23.6 Å². The van der Waals surface area contributed by atoms with E-state index in [-0.39, 0.29) is 6.42 Å². The molecule has 1 aromatic carbocycles. The van der Waals surface area contributed by atoms with Crippen molar-refractivity contribution >= 4 is 15.9 Å². The van der Waals surface area contributed by atoms with Crippen LogP contribution in [0.4, 0.5) is 13.6 Å². The summed E-state index contributed by atoms with van der Waals surface area (Å²) in [5.74, 6) is -3.77. The SMILES string of the molecule is CC[C@H]1C[C@@H](c2ccccc2)N(C(=O)N[C@@H](C)/C=C/S(C)(=O)=O)CC1(F)F. The van der Waals surface area contributed by atoms with Gasteiger partial charge >= 0.3 is 6.03 Å². The maximum atomic E-state index is 14.5. The molecule has 2 rings (SSSR count). The molecule has 5 nitrogen and oxygen atoms in total. The quantitative estimate of drug-likeness (QED) is 0.819. The van der Waals surface area contributed by atoms with Crippen LogP contribution in [0.25, 0.3) is 0 Å². The molecule has 0 aromatic heterocycles. The number of hydrogen-bond acceptors (Lipinski definition) is 3. The summed E-state index contributed by atoms with van der Waals surface area (Å²) in [7, 11) is -3.33. The predicted octanol–water partition coefficient (Wildman–Crippen LogP) is 3.75. The summed E-state index contributed by atoms with van der Waals surface area (Å²) < 4.78 is 51.4. The highest BCUT2D eigenvalue weighted by molar-refractivity contribution is 7.93. The standard InChI is InChI=1S/C19H26F2N2O3S/c1-4-16-12-17(15-8-6-5-7-9-15)23(13-19(16,20)21)18(24)22-14(2)10-11-27(3,25)26/h5-11,14,16-17H,4,12-13H2,1-3H3,(H,22,24)/b11-10+/t14-,16-,17-/m0/s1. The third kappa shape index (κ3) is 5.76. The predicted molar refractivity (Wildman–Crippen MR) is 101 cm³/mol. The second kappa shape index (κ2) is 8.37. The number of rotatable bonds is 5. The molecule has 0 unspecified atom stereocenters. The van der Waals surface area contributed by atoms with Gasteiger partial charge < -0.3 is 10.2 Å². The van der Waals surface area contributed by atoms with Crippen LogP contribution in [-0.2, 0) is 9.84 Å². The molecule has 27 heavy (non-hydrogen) atoms. The van der Waals surface area contributed by atoms with Crippen molar-refractivity contribution in [1.29, 1.82) is 0 Å². The van der Waals surface area contributed by atoms with Crippen molar-refractivity contribution in [3.8, 4) is 0 Å². The average molecular weight is 400 g/mol. The number of carbonyl (C=O) groups excluding carboxylic acids is 1. The normalized spacial score (nSPS) is 24.0. The second-order valence-corrected chi connectivity index (χ2v) is 8.98. The van der Waals surface area contributed by atoms with Gasteiger partial charge in [0.15, 0.2) is 9.84 Å². The first-order valence-corrected chi connectivity index (χ1v) is 10.9. The molecule has 8 heteroatoms. The van der Waals surface area contributed by atoms with Gasteiger partial charge in [0.25, 0.3) is 5.92 Å². The Balaban J connectivity index is 2.24. The van der Waals surface area contributed by atoms with Crippen LogP contribution in [0.3, 0.4) is 0 Å². The number of piperidine rings is 1. The molecule has 1 aromatic rings. The number of hydrogen-bond donors (Lipinski definition) is 1. The van der Waals surface area contributed by atoms with E-state index in [9.17, 15) is 22.0 Å². The number of benzene rings is 1. The first kappa shape index (κ1) is 21.3. The summed E-state index contributed by atoms with van der Waals surface area (Å²) in [5, 5.41) is 3.59. The second-order valence-electron chi connectivity index (χ2n) is 7.05. The van der Waals surface area contributed by atoms with Gasteiger partial charge in [-0.1, -0.05) is 43.3 Å². The molecule has 1 N–H and O–H groups in total. The smallest absolute Gasteiger partial charge is 0.318 e. The Morgan fingerprint density at radius 2 is 2.00 bits per heavy atom. The van der Waals surface area contributed by atoms with E-state index in [1.54, 1.807) is 13.8 Å². The molecule has 1 saturated heterocycles. The zero-order chi connectivity index (χ0) is 20.2. The van der Waals surface area contributed by atoms with Gasteiger partial charge in [-0.15, -0.1) is 0 Å².